The molecule has 3 heteroatoms. The van der Waals surface area contributed by atoms with Crippen LogP contribution in [-0.2, 0) is 5.75 Å². The molecule has 1 atom stereocenters. The molecule has 0 saturated heterocycles. The molecule has 1 aliphatic heterocycles. The first-order valence-corrected chi connectivity index (χ1v) is 6.49. The normalized spacial score (nSPS) is 19.7. The Bertz CT molecular complexity index is 340. The maximum Gasteiger partial charge on any atom is 0.123 e. The van der Waals surface area contributed by atoms with Crippen LogP contribution >= 0.6 is 11.8 Å². The molecule has 2 rings (SSSR count). The second-order valence-corrected chi connectivity index (χ2v) is 4.68. The molecule has 1 heterocycles. The van der Waals surface area contributed by atoms with Crippen molar-refractivity contribution in [1.29, 1.82) is 0 Å². The number of rotatable bonds is 3. The van der Waals surface area contributed by atoms with Crippen LogP contribution in [-0.4, -0.2) is 19.4 Å². The molecule has 1 N–H and O–H groups in total. The van der Waals surface area contributed by atoms with Gasteiger partial charge in [0.05, 0.1) is 7.11 Å². The number of ether oxygens (including phenoxy) is 1. The van der Waals surface area contributed by atoms with Gasteiger partial charge >= 0.3 is 0 Å². The molecule has 0 spiro atoms. The standard InChI is InChI=1S/C12H17NOS/c1-3-13-11-8-15-7-10-9(11)5-4-6-12(10)14-2/h4-6,11,13H,3,7-8H2,1-2H3. The van der Waals surface area contributed by atoms with Crippen LogP contribution in [0, 0.1) is 0 Å². The lowest BCUT2D eigenvalue weighted by molar-refractivity contribution is 0.409. The molecule has 0 aromatic heterocycles. The van der Waals surface area contributed by atoms with Crippen molar-refractivity contribution in [3.8, 4) is 5.75 Å². The number of fused-ring (bicyclic) bond motifs is 1. The predicted molar refractivity (Wildman–Crippen MR) is 65.6 cm³/mol. The first-order valence-electron chi connectivity index (χ1n) is 5.33. The van der Waals surface area contributed by atoms with Crippen LogP contribution in [0.5, 0.6) is 5.75 Å². The summed E-state index contributed by atoms with van der Waals surface area (Å²) >= 11 is 1.97. The van der Waals surface area contributed by atoms with E-state index in [2.05, 4.69) is 24.4 Å². The lowest BCUT2D eigenvalue weighted by atomic mass is 10.0. The number of nitrogens with one attached hydrogen (secondary N) is 1. The van der Waals surface area contributed by atoms with E-state index in [4.69, 9.17) is 4.74 Å². The highest BCUT2D eigenvalue weighted by Gasteiger charge is 2.21. The zero-order chi connectivity index (χ0) is 10.7. The fraction of sp³-hybridized carbons (Fsp3) is 0.500. The average Bonchev–Trinajstić information content (AvgIpc) is 2.29. The van der Waals surface area contributed by atoms with E-state index in [1.54, 1.807) is 7.11 Å². The molecule has 1 unspecified atom stereocenters. The van der Waals surface area contributed by atoms with Crippen LogP contribution in [0.25, 0.3) is 0 Å². The van der Waals surface area contributed by atoms with Gasteiger partial charge in [0.25, 0.3) is 0 Å². The number of hydrogen-bond acceptors (Lipinski definition) is 3. The van der Waals surface area contributed by atoms with E-state index in [1.807, 2.05) is 17.8 Å². The fourth-order valence-electron chi connectivity index (χ4n) is 2.04. The maximum atomic E-state index is 5.40. The highest BCUT2D eigenvalue weighted by atomic mass is 32.2. The Balaban J connectivity index is 2.35. The summed E-state index contributed by atoms with van der Waals surface area (Å²) in [4.78, 5) is 0. The van der Waals surface area contributed by atoms with E-state index in [1.165, 1.54) is 11.1 Å². The first-order chi connectivity index (χ1) is 7.36. The molecule has 1 aliphatic rings. The smallest absolute Gasteiger partial charge is 0.123 e. The van der Waals surface area contributed by atoms with E-state index >= 15 is 0 Å². The zero-order valence-corrected chi connectivity index (χ0v) is 10.1. The van der Waals surface area contributed by atoms with Gasteiger partial charge in [-0.1, -0.05) is 19.1 Å². The van der Waals surface area contributed by atoms with Crippen molar-refractivity contribution in [3.05, 3.63) is 29.3 Å². The molecule has 1 aromatic carbocycles. The minimum atomic E-state index is 0.485. The fourth-order valence-corrected chi connectivity index (χ4v) is 3.20. The Labute approximate surface area is 95.4 Å². The average molecular weight is 223 g/mol. The van der Waals surface area contributed by atoms with Gasteiger partial charge in [-0.25, -0.2) is 0 Å². The van der Waals surface area contributed by atoms with E-state index in [0.29, 0.717) is 6.04 Å². The molecule has 2 nitrogen and oxygen atoms in total. The highest BCUT2D eigenvalue weighted by molar-refractivity contribution is 7.98. The molecule has 0 aliphatic carbocycles. The lowest BCUT2D eigenvalue weighted by Gasteiger charge is -2.27. The van der Waals surface area contributed by atoms with Crippen LogP contribution in [0.1, 0.15) is 24.1 Å². The van der Waals surface area contributed by atoms with Crippen molar-refractivity contribution in [2.24, 2.45) is 0 Å². The summed E-state index contributed by atoms with van der Waals surface area (Å²) in [6.07, 6.45) is 0. The SMILES string of the molecule is CCNC1CSCc2c(OC)cccc21. The summed E-state index contributed by atoms with van der Waals surface area (Å²) in [6, 6.07) is 6.83. The van der Waals surface area contributed by atoms with Gasteiger partial charge in [0, 0.05) is 23.1 Å². The van der Waals surface area contributed by atoms with Crippen LogP contribution in [0.15, 0.2) is 18.2 Å². The summed E-state index contributed by atoms with van der Waals surface area (Å²) in [5, 5.41) is 3.52. The largest absolute Gasteiger partial charge is 0.496 e. The minimum absolute atomic E-state index is 0.485. The monoisotopic (exact) mass is 223 g/mol. The Morgan fingerprint density at radius 1 is 1.53 bits per heavy atom. The summed E-state index contributed by atoms with van der Waals surface area (Å²) in [5.74, 6) is 3.26. The Morgan fingerprint density at radius 2 is 2.40 bits per heavy atom. The van der Waals surface area contributed by atoms with E-state index in [-0.39, 0.29) is 0 Å². The van der Waals surface area contributed by atoms with Crippen molar-refractivity contribution in [3.63, 3.8) is 0 Å². The number of methoxy groups -OCH3 is 1. The molecule has 82 valence electrons. The third kappa shape index (κ3) is 2.13. The topological polar surface area (TPSA) is 21.3 Å². The van der Waals surface area contributed by atoms with Gasteiger partial charge in [0.1, 0.15) is 5.75 Å². The summed E-state index contributed by atoms with van der Waals surface area (Å²) in [7, 11) is 1.75. The van der Waals surface area contributed by atoms with Crippen LogP contribution in [0.2, 0.25) is 0 Å². The van der Waals surface area contributed by atoms with Crippen molar-refractivity contribution in [2.45, 2.75) is 18.7 Å². The second-order valence-electron chi connectivity index (χ2n) is 3.65. The number of hydrogen-bond donors (Lipinski definition) is 1. The molecule has 0 amide bonds. The van der Waals surface area contributed by atoms with Gasteiger partial charge in [0.15, 0.2) is 0 Å². The maximum absolute atomic E-state index is 5.40. The van der Waals surface area contributed by atoms with E-state index in [9.17, 15) is 0 Å². The molecular weight excluding hydrogens is 206 g/mol. The summed E-state index contributed by atoms with van der Waals surface area (Å²) < 4.78 is 5.40. The third-order valence-electron chi connectivity index (χ3n) is 2.75. The zero-order valence-electron chi connectivity index (χ0n) is 9.25. The van der Waals surface area contributed by atoms with Crippen LogP contribution in [0.4, 0.5) is 0 Å². The van der Waals surface area contributed by atoms with E-state index < -0.39 is 0 Å². The minimum Gasteiger partial charge on any atom is -0.496 e. The molecule has 0 radical (unpaired) electrons. The number of thioether (sulfide) groups is 1. The lowest BCUT2D eigenvalue weighted by Crippen LogP contribution is -2.26. The molecule has 1 aromatic rings. The Hall–Kier alpha value is -0.670. The van der Waals surface area contributed by atoms with Gasteiger partial charge in [-0.3, -0.25) is 0 Å². The molecule has 0 bridgehead atoms. The highest BCUT2D eigenvalue weighted by Crippen LogP contribution is 2.36. The first kappa shape index (κ1) is 10.8. The predicted octanol–water partition coefficient (Wildman–Crippen LogP) is 2.59. The van der Waals surface area contributed by atoms with Gasteiger partial charge in [-0.15, -0.1) is 0 Å². The van der Waals surface area contributed by atoms with Crippen LogP contribution in [0.3, 0.4) is 0 Å². The second kappa shape index (κ2) is 4.90. The molecular formula is C12H17NOS. The quantitative estimate of drug-likeness (QED) is 0.851. The Kier molecular flexibility index (Phi) is 3.54. The van der Waals surface area contributed by atoms with Crippen molar-refractivity contribution in [2.75, 3.05) is 19.4 Å². The summed E-state index contributed by atoms with van der Waals surface area (Å²) in [5.41, 5.74) is 2.78. The van der Waals surface area contributed by atoms with Crippen molar-refractivity contribution >= 4 is 11.8 Å². The Morgan fingerprint density at radius 3 is 3.13 bits per heavy atom. The van der Waals surface area contributed by atoms with Crippen molar-refractivity contribution in [1.82, 2.24) is 5.32 Å². The molecule has 15 heavy (non-hydrogen) atoms. The van der Waals surface area contributed by atoms with Gasteiger partial charge in [-0.05, 0) is 18.2 Å². The van der Waals surface area contributed by atoms with E-state index in [0.717, 1.165) is 23.8 Å². The van der Waals surface area contributed by atoms with Crippen LogP contribution < -0.4 is 10.1 Å². The molecule has 0 fully saturated rings. The molecule has 0 saturated carbocycles. The van der Waals surface area contributed by atoms with Gasteiger partial charge in [0.2, 0.25) is 0 Å². The van der Waals surface area contributed by atoms with Gasteiger partial charge in [-0.2, -0.15) is 11.8 Å². The summed E-state index contributed by atoms with van der Waals surface area (Å²) in [6.45, 7) is 3.17. The van der Waals surface area contributed by atoms with Gasteiger partial charge < -0.3 is 10.1 Å². The third-order valence-corrected chi connectivity index (χ3v) is 3.81. The van der Waals surface area contributed by atoms with Crippen molar-refractivity contribution < 1.29 is 4.74 Å². The number of benzene rings is 1.